The first kappa shape index (κ1) is 25.7. The van der Waals surface area contributed by atoms with Crippen LogP contribution in [0.15, 0.2) is 47.5 Å². The number of carbonyl (C=O) groups is 1. The molecule has 1 aliphatic carbocycles. The van der Waals surface area contributed by atoms with Gasteiger partial charge in [0.2, 0.25) is 12.2 Å². The van der Waals surface area contributed by atoms with E-state index in [0.29, 0.717) is 29.4 Å². The van der Waals surface area contributed by atoms with Crippen LogP contribution in [0.25, 0.3) is 0 Å². The van der Waals surface area contributed by atoms with E-state index in [9.17, 15) is 4.79 Å². The summed E-state index contributed by atoms with van der Waals surface area (Å²) in [6.07, 6.45) is 5.13. The smallest absolute Gasteiger partial charge is 0.255 e. The molecule has 186 valence electrons. The molecule has 35 heavy (non-hydrogen) atoms. The molecular weight excluding hydrogens is 446 g/mol. The number of amides is 1. The predicted molar refractivity (Wildman–Crippen MR) is 134 cm³/mol. The molecule has 0 saturated heterocycles. The summed E-state index contributed by atoms with van der Waals surface area (Å²) in [6, 6.07) is 13.7. The molecule has 0 aromatic heterocycles. The number of benzene rings is 2. The molecular formula is C26H33N5O4. The summed E-state index contributed by atoms with van der Waals surface area (Å²) >= 11 is 0. The number of aliphatic imine (C=N–C) groups is 1. The number of methoxy groups -OCH3 is 3. The Kier molecular flexibility index (Phi) is 8.42. The fourth-order valence-corrected chi connectivity index (χ4v) is 4.77. The molecule has 0 spiro atoms. The van der Waals surface area contributed by atoms with Gasteiger partial charge >= 0.3 is 0 Å². The van der Waals surface area contributed by atoms with Gasteiger partial charge in [-0.05, 0) is 31.2 Å². The fraction of sp³-hybridized carbons (Fsp3) is 0.423. The van der Waals surface area contributed by atoms with Gasteiger partial charge < -0.3 is 30.2 Å². The van der Waals surface area contributed by atoms with Crippen LogP contribution in [-0.4, -0.2) is 57.7 Å². The molecule has 1 saturated carbocycles. The second-order valence-electron chi connectivity index (χ2n) is 8.65. The summed E-state index contributed by atoms with van der Waals surface area (Å²) in [5.74, 6) is 1.33. The zero-order valence-corrected chi connectivity index (χ0v) is 20.7. The lowest BCUT2D eigenvalue weighted by Crippen LogP contribution is -2.49. The second kappa shape index (κ2) is 11.5. The van der Waals surface area contributed by atoms with E-state index in [4.69, 9.17) is 25.2 Å². The Bertz CT molecular complexity index is 1090. The average molecular weight is 480 g/mol. The summed E-state index contributed by atoms with van der Waals surface area (Å²) < 4.78 is 16.1. The first-order chi connectivity index (χ1) is 16.9. The average Bonchev–Trinajstić information content (AvgIpc) is 2.91. The molecule has 1 aliphatic rings. The van der Waals surface area contributed by atoms with Crippen LogP contribution in [0.5, 0.6) is 17.2 Å². The van der Waals surface area contributed by atoms with Gasteiger partial charge in [-0.1, -0.05) is 30.3 Å². The van der Waals surface area contributed by atoms with Gasteiger partial charge in [-0.15, -0.1) is 4.99 Å². The van der Waals surface area contributed by atoms with Gasteiger partial charge in [0.1, 0.15) is 5.75 Å². The van der Waals surface area contributed by atoms with E-state index in [2.05, 4.69) is 22.4 Å². The zero-order valence-electron chi connectivity index (χ0n) is 20.7. The van der Waals surface area contributed by atoms with E-state index in [1.54, 1.807) is 18.3 Å². The Labute approximate surface area is 206 Å². The van der Waals surface area contributed by atoms with E-state index in [-0.39, 0.29) is 23.3 Å². The van der Waals surface area contributed by atoms with Gasteiger partial charge in [-0.2, -0.15) is 5.26 Å². The van der Waals surface area contributed by atoms with Crippen molar-refractivity contribution in [2.24, 2.45) is 10.7 Å². The molecule has 2 aromatic carbocycles. The van der Waals surface area contributed by atoms with Crippen LogP contribution in [-0.2, 0) is 5.41 Å². The summed E-state index contributed by atoms with van der Waals surface area (Å²) in [6.45, 7) is 0.464. The summed E-state index contributed by atoms with van der Waals surface area (Å²) in [5.41, 5.74) is 7.26. The molecule has 3 N–H and O–H groups in total. The third-order valence-electron chi connectivity index (χ3n) is 6.91. The monoisotopic (exact) mass is 479 g/mol. The Balaban J connectivity index is 1.82. The SMILES string of the molecule is COc1cc(OC)c(C(=O)NCC2(c3ccccc3)CCC(N(C)C(N)=NC#N)CC2)cc1OC. The van der Waals surface area contributed by atoms with Gasteiger partial charge in [0.25, 0.3) is 5.91 Å². The zero-order chi connectivity index (χ0) is 25.4. The maximum Gasteiger partial charge on any atom is 0.255 e. The quantitative estimate of drug-likeness (QED) is 0.339. The minimum Gasteiger partial charge on any atom is -0.496 e. The summed E-state index contributed by atoms with van der Waals surface area (Å²) in [5, 5.41) is 12.0. The Morgan fingerprint density at radius 3 is 2.29 bits per heavy atom. The standard InChI is InChI=1S/C26H33N5O4/c1-31(25(28)30-17-27)19-10-12-26(13-11-19,18-8-6-5-7-9-18)16-29-24(32)20-14-22(34-3)23(35-4)15-21(20)33-2/h5-9,14-15,19H,10-13,16H2,1-4H3,(H2,28,30)(H,29,32). The molecule has 9 heteroatoms. The van der Waals surface area contributed by atoms with E-state index >= 15 is 0 Å². The van der Waals surface area contributed by atoms with Crippen molar-refractivity contribution in [1.82, 2.24) is 10.2 Å². The van der Waals surface area contributed by atoms with E-state index in [1.165, 1.54) is 26.9 Å². The van der Waals surface area contributed by atoms with E-state index in [0.717, 1.165) is 25.7 Å². The van der Waals surface area contributed by atoms with Crippen LogP contribution >= 0.6 is 0 Å². The van der Waals surface area contributed by atoms with Crippen molar-refractivity contribution in [3.8, 4) is 23.4 Å². The van der Waals surface area contributed by atoms with Crippen LogP contribution in [0.2, 0.25) is 0 Å². The van der Waals surface area contributed by atoms with Crippen molar-refractivity contribution >= 4 is 11.9 Å². The first-order valence-electron chi connectivity index (χ1n) is 11.5. The number of ether oxygens (including phenoxy) is 3. The van der Waals surface area contributed by atoms with Crippen molar-refractivity contribution in [1.29, 1.82) is 5.26 Å². The molecule has 2 aromatic rings. The largest absolute Gasteiger partial charge is 0.496 e. The van der Waals surface area contributed by atoms with Gasteiger partial charge in [0, 0.05) is 37.2 Å². The Morgan fingerprint density at radius 2 is 1.71 bits per heavy atom. The van der Waals surface area contributed by atoms with E-state index in [1.807, 2.05) is 30.1 Å². The molecule has 0 aliphatic heterocycles. The number of hydrogen-bond donors (Lipinski definition) is 2. The lowest BCUT2D eigenvalue weighted by molar-refractivity contribution is 0.0927. The van der Waals surface area contributed by atoms with Crippen molar-refractivity contribution < 1.29 is 19.0 Å². The third-order valence-corrected chi connectivity index (χ3v) is 6.91. The highest BCUT2D eigenvalue weighted by Gasteiger charge is 2.38. The van der Waals surface area contributed by atoms with Crippen LogP contribution in [0.1, 0.15) is 41.6 Å². The molecule has 0 bridgehead atoms. The molecule has 1 amide bonds. The van der Waals surface area contributed by atoms with Crippen LogP contribution in [0.4, 0.5) is 0 Å². The topological polar surface area (TPSA) is 122 Å². The van der Waals surface area contributed by atoms with Gasteiger partial charge in [0.05, 0.1) is 26.9 Å². The minimum absolute atomic E-state index is 0.172. The highest BCUT2D eigenvalue weighted by molar-refractivity contribution is 5.98. The van der Waals surface area contributed by atoms with Gasteiger partial charge in [-0.25, -0.2) is 0 Å². The van der Waals surface area contributed by atoms with Crippen LogP contribution in [0, 0.1) is 11.5 Å². The number of nitrogens with one attached hydrogen (secondary N) is 1. The van der Waals surface area contributed by atoms with Gasteiger partial charge in [-0.3, -0.25) is 4.79 Å². The summed E-state index contributed by atoms with van der Waals surface area (Å²) in [7, 11) is 6.44. The van der Waals surface area contributed by atoms with Crippen molar-refractivity contribution in [2.75, 3.05) is 34.9 Å². The number of guanidine groups is 1. The number of nitrogens with two attached hydrogens (primary N) is 1. The first-order valence-corrected chi connectivity index (χ1v) is 11.5. The van der Waals surface area contributed by atoms with Crippen LogP contribution in [0.3, 0.4) is 0 Å². The molecule has 3 rings (SSSR count). The molecule has 1 fully saturated rings. The van der Waals surface area contributed by atoms with Crippen molar-refractivity contribution in [3.05, 3.63) is 53.6 Å². The second-order valence-corrected chi connectivity index (χ2v) is 8.65. The molecule has 0 radical (unpaired) electrons. The predicted octanol–water partition coefficient (Wildman–Crippen LogP) is 3.05. The highest BCUT2D eigenvalue weighted by atomic mass is 16.5. The molecule has 0 unspecified atom stereocenters. The maximum absolute atomic E-state index is 13.3. The Hall–Kier alpha value is -3.93. The normalized spacial score (nSPS) is 19.9. The van der Waals surface area contributed by atoms with Crippen LogP contribution < -0.4 is 25.3 Å². The lowest BCUT2D eigenvalue weighted by atomic mass is 9.68. The third kappa shape index (κ3) is 5.60. The van der Waals surface area contributed by atoms with Gasteiger partial charge in [0.15, 0.2) is 11.5 Å². The number of hydrogen-bond acceptors (Lipinski definition) is 6. The number of nitriles is 1. The summed E-state index contributed by atoms with van der Waals surface area (Å²) in [4.78, 5) is 18.8. The molecule has 0 heterocycles. The van der Waals surface area contributed by atoms with Crippen molar-refractivity contribution in [3.63, 3.8) is 0 Å². The maximum atomic E-state index is 13.3. The fourth-order valence-electron chi connectivity index (χ4n) is 4.77. The lowest BCUT2D eigenvalue weighted by Gasteiger charge is -2.43. The Morgan fingerprint density at radius 1 is 1.11 bits per heavy atom. The number of nitrogens with zero attached hydrogens (tertiary/aromatic N) is 3. The highest BCUT2D eigenvalue weighted by Crippen LogP contribution is 2.41. The van der Waals surface area contributed by atoms with E-state index < -0.39 is 0 Å². The molecule has 0 atom stereocenters. The number of rotatable bonds is 8. The minimum atomic E-state index is -0.247. The van der Waals surface area contributed by atoms with Crippen molar-refractivity contribution in [2.45, 2.75) is 37.1 Å². The number of carbonyl (C=O) groups excluding carboxylic acids is 1. The molecule has 9 nitrogen and oxygen atoms in total.